The molecule has 1 atom stereocenters. The molecule has 0 radical (unpaired) electrons. The monoisotopic (exact) mass is 318 g/mol. The Morgan fingerprint density at radius 1 is 1.13 bits per heavy atom. The first-order valence-corrected chi connectivity index (χ1v) is 7.27. The van der Waals surface area contributed by atoms with E-state index in [9.17, 15) is 13.9 Å². The molecule has 3 rings (SSSR count). The minimum Gasteiger partial charge on any atom is -0.387 e. The van der Waals surface area contributed by atoms with Crippen molar-refractivity contribution in [1.82, 2.24) is 19.9 Å². The largest absolute Gasteiger partial charge is 0.387 e. The Labute approximate surface area is 131 Å². The maximum Gasteiger partial charge on any atom is 0.160 e. The number of fused-ring (bicyclic) bond motifs is 1. The summed E-state index contributed by atoms with van der Waals surface area (Å²) in [6.07, 6.45) is 1.62. The smallest absolute Gasteiger partial charge is 0.160 e. The molecule has 0 fully saturated rings. The lowest BCUT2D eigenvalue weighted by atomic mass is 10.1. The SMILES string of the molecule is O[C@@H](CNCCc1nnc2ccccn12)c1ccc(F)c(F)c1. The van der Waals surface area contributed by atoms with Gasteiger partial charge in [0.1, 0.15) is 5.82 Å². The number of nitrogens with zero attached hydrogens (tertiary/aromatic N) is 3. The van der Waals surface area contributed by atoms with Crippen LogP contribution < -0.4 is 5.32 Å². The predicted octanol–water partition coefficient (Wildman–Crippen LogP) is 1.87. The van der Waals surface area contributed by atoms with Crippen LogP contribution >= 0.6 is 0 Å². The number of rotatable bonds is 6. The Balaban J connectivity index is 1.52. The summed E-state index contributed by atoms with van der Waals surface area (Å²) in [5.74, 6) is -1.07. The van der Waals surface area contributed by atoms with Crippen LogP contribution in [-0.2, 0) is 6.42 Å². The third-order valence-electron chi connectivity index (χ3n) is 3.58. The van der Waals surface area contributed by atoms with Gasteiger partial charge in [0.15, 0.2) is 17.3 Å². The average molecular weight is 318 g/mol. The van der Waals surface area contributed by atoms with Crippen LogP contribution in [0.25, 0.3) is 5.65 Å². The molecule has 0 bridgehead atoms. The summed E-state index contributed by atoms with van der Waals surface area (Å²) in [5, 5.41) is 21.2. The Hall–Kier alpha value is -2.38. The second kappa shape index (κ2) is 6.80. The van der Waals surface area contributed by atoms with Crippen molar-refractivity contribution < 1.29 is 13.9 Å². The number of hydrogen-bond acceptors (Lipinski definition) is 4. The van der Waals surface area contributed by atoms with E-state index in [0.717, 1.165) is 23.6 Å². The molecular weight excluding hydrogens is 302 g/mol. The van der Waals surface area contributed by atoms with Gasteiger partial charge in [0.05, 0.1) is 6.10 Å². The van der Waals surface area contributed by atoms with E-state index in [1.54, 1.807) is 0 Å². The van der Waals surface area contributed by atoms with E-state index < -0.39 is 17.7 Å². The highest BCUT2D eigenvalue weighted by Crippen LogP contribution is 2.15. The van der Waals surface area contributed by atoms with E-state index in [4.69, 9.17) is 0 Å². The maximum atomic E-state index is 13.1. The molecule has 120 valence electrons. The number of aliphatic hydroxyl groups is 1. The third-order valence-corrected chi connectivity index (χ3v) is 3.58. The quantitative estimate of drug-likeness (QED) is 0.681. The zero-order chi connectivity index (χ0) is 16.2. The molecule has 23 heavy (non-hydrogen) atoms. The Morgan fingerprint density at radius 2 is 2.00 bits per heavy atom. The van der Waals surface area contributed by atoms with Gasteiger partial charge < -0.3 is 10.4 Å². The fraction of sp³-hybridized carbons (Fsp3) is 0.250. The normalized spacial score (nSPS) is 12.7. The molecule has 7 heteroatoms. The topological polar surface area (TPSA) is 62.5 Å². The standard InChI is InChI=1S/C16H16F2N4O/c17-12-5-4-11(9-13(12)18)14(23)10-19-7-6-16-21-20-15-3-1-2-8-22(15)16/h1-5,8-9,14,19,23H,6-7,10H2/t14-/m0/s1. The number of nitrogens with one attached hydrogen (secondary N) is 1. The Bertz CT molecular complexity index is 806. The van der Waals surface area contributed by atoms with Crippen molar-refractivity contribution >= 4 is 5.65 Å². The van der Waals surface area contributed by atoms with Crippen molar-refractivity contribution in [3.05, 3.63) is 65.6 Å². The molecule has 0 saturated carbocycles. The Morgan fingerprint density at radius 3 is 2.83 bits per heavy atom. The molecule has 0 aliphatic heterocycles. The van der Waals surface area contributed by atoms with Crippen LogP contribution in [0, 0.1) is 11.6 Å². The van der Waals surface area contributed by atoms with E-state index >= 15 is 0 Å². The van der Waals surface area contributed by atoms with E-state index in [-0.39, 0.29) is 6.54 Å². The van der Waals surface area contributed by atoms with Gasteiger partial charge in [-0.2, -0.15) is 0 Å². The lowest BCUT2D eigenvalue weighted by Gasteiger charge is -2.12. The van der Waals surface area contributed by atoms with Gasteiger partial charge in [0, 0.05) is 25.7 Å². The number of hydrogen-bond donors (Lipinski definition) is 2. The van der Waals surface area contributed by atoms with E-state index in [1.165, 1.54) is 6.07 Å². The molecule has 2 heterocycles. The highest BCUT2D eigenvalue weighted by Gasteiger charge is 2.11. The number of aliphatic hydroxyl groups excluding tert-OH is 1. The van der Waals surface area contributed by atoms with Crippen molar-refractivity contribution in [1.29, 1.82) is 0 Å². The van der Waals surface area contributed by atoms with Crippen LogP contribution in [0.4, 0.5) is 8.78 Å². The van der Waals surface area contributed by atoms with Gasteiger partial charge >= 0.3 is 0 Å². The number of pyridine rings is 1. The van der Waals surface area contributed by atoms with Gasteiger partial charge in [-0.05, 0) is 29.8 Å². The lowest BCUT2D eigenvalue weighted by molar-refractivity contribution is 0.174. The van der Waals surface area contributed by atoms with Crippen LogP contribution in [0.5, 0.6) is 0 Å². The molecule has 0 saturated heterocycles. The second-order valence-corrected chi connectivity index (χ2v) is 5.19. The van der Waals surface area contributed by atoms with Crippen LogP contribution in [0.1, 0.15) is 17.5 Å². The van der Waals surface area contributed by atoms with Gasteiger partial charge in [0.2, 0.25) is 0 Å². The molecule has 0 unspecified atom stereocenters. The number of halogens is 2. The molecule has 1 aromatic carbocycles. The number of aromatic nitrogens is 3. The first kappa shape index (κ1) is 15.5. The summed E-state index contributed by atoms with van der Waals surface area (Å²) in [5.41, 5.74) is 1.12. The van der Waals surface area contributed by atoms with Gasteiger partial charge in [-0.25, -0.2) is 8.78 Å². The van der Waals surface area contributed by atoms with Crippen molar-refractivity contribution in [2.24, 2.45) is 0 Å². The second-order valence-electron chi connectivity index (χ2n) is 5.19. The summed E-state index contributed by atoms with van der Waals surface area (Å²) in [7, 11) is 0. The minimum absolute atomic E-state index is 0.238. The highest BCUT2D eigenvalue weighted by molar-refractivity contribution is 5.37. The average Bonchev–Trinajstić information content (AvgIpc) is 2.97. The number of benzene rings is 1. The molecule has 3 aromatic rings. The molecule has 5 nitrogen and oxygen atoms in total. The van der Waals surface area contributed by atoms with E-state index in [0.29, 0.717) is 18.5 Å². The van der Waals surface area contributed by atoms with Crippen LogP contribution in [0.3, 0.4) is 0 Å². The molecule has 0 amide bonds. The van der Waals surface area contributed by atoms with Gasteiger partial charge in [-0.1, -0.05) is 12.1 Å². The van der Waals surface area contributed by atoms with Crippen molar-refractivity contribution in [3.8, 4) is 0 Å². The van der Waals surface area contributed by atoms with Gasteiger partial charge in [0.25, 0.3) is 0 Å². The van der Waals surface area contributed by atoms with Crippen molar-refractivity contribution in [2.45, 2.75) is 12.5 Å². The van der Waals surface area contributed by atoms with Crippen LogP contribution in [-0.4, -0.2) is 32.8 Å². The van der Waals surface area contributed by atoms with Crippen LogP contribution in [0.2, 0.25) is 0 Å². The molecule has 0 spiro atoms. The van der Waals surface area contributed by atoms with Crippen molar-refractivity contribution in [2.75, 3.05) is 13.1 Å². The molecule has 0 aliphatic carbocycles. The zero-order valence-corrected chi connectivity index (χ0v) is 12.3. The Kier molecular flexibility index (Phi) is 4.59. The summed E-state index contributed by atoms with van der Waals surface area (Å²) in [6, 6.07) is 9.06. The van der Waals surface area contributed by atoms with Gasteiger partial charge in [-0.15, -0.1) is 10.2 Å². The first-order valence-electron chi connectivity index (χ1n) is 7.27. The maximum absolute atomic E-state index is 13.1. The van der Waals surface area contributed by atoms with E-state index in [1.807, 2.05) is 28.8 Å². The van der Waals surface area contributed by atoms with Crippen LogP contribution in [0.15, 0.2) is 42.6 Å². The lowest BCUT2D eigenvalue weighted by Crippen LogP contribution is -2.24. The summed E-state index contributed by atoms with van der Waals surface area (Å²) >= 11 is 0. The van der Waals surface area contributed by atoms with E-state index in [2.05, 4.69) is 15.5 Å². The zero-order valence-electron chi connectivity index (χ0n) is 12.3. The van der Waals surface area contributed by atoms with Gasteiger partial charge in [-0.3, -0.25) is 4.40 Å². The predicted molar refractivity (Wildman–Crippen MR) is 80.9 cm³/mol. The summed E-state index contributed by atoms with van der Waals surface area (Å²) in [6.45, 7) is 0.818. The third kappa shape index (κ3) is 3.52. The molecule has 2 N–H and O–H groups in total. The van der Waals surface area contributed by atoms with Crippen molar-refractivity contribution in [3.63, 3.8) is 0 Å². The summed E-state index contributed by atoms with van der Waals surface area (Å²) < 4.78 is 27.9. The highest BCUT2D eigenvalue weighted by atomic mass is 19.2. The molecule has 0 aliphatic rings. The molecule has 2 aromatic heterocycles. The fourth-order valence-corrected chi connectivity index (χ4v) is 2.34. The summed E-state index contributed by atoms with van der Waals surface area (Å²) in [4.78, 5) is 0. The fourth-order valence-electron chi connectivity index (χ4n) is 2.34. The molecular formula is C16H16F2N4O. The minimum atomic E-state index is -0.962. The first-order chi connectivity index (χ1) is 11.1.